The number of hydrogen-bond acceptors (Lipinski definition) is 6. The van der Waals surface area contributed by atoms with Gasteiger partial charge >= 0.3 is 0 Å². The molecule has 0 bridgehead atoms. The van der Waals surface area contributed by atoms with E-state index in [0.29, 0.717) is 17.7 Å². The number of ether oxygens (including phenoxy) is 1. The standard InChI is InChI=1S/C25H22ClN5O3/c1-5-17-8-11-23(27-14-17)29-25(33)21-12-19(26)13-22(34-4)24(21)31(16-32)20-9-6-18(7-10-20)15-28-30(2)3/h1,6-16H,2-4H3,(H,27,29,33). The average molecular weight is 476 g/mol. The lowest BCUT2D eigenvalue weighted by Crippen LogP contribution is -2.22. The molecule has 0 unspecified atom stereocenters. The minimum Gasteiger partial charge on any atom is -0.494 e. The van der Waals surface area contributed by atoms with Gasteiger partial charge in [0.25, 0.3) is 5.91 Å². The molecule has 0 spiro atoms. The molecule has 34 heavy (non-hydrogen) atoms. The molecule has 1 N–H and O–H groups in total. The Morgan fingerprint density at radius 3 is 2.50 bits per heavy atom. The average Bonchev–Trinajstić information content (AvgIpc) is 2.84. The number of methoxy groups -OCH3 is 1. The second kappa shape index (κ2) is 11.0. The van der Waals surface area contributed by atoms with E-state index in [4.69, 9.17) is 22.8 Å². The Labute approximate surface area is 202 Å². The normalized spacial score (nSPS) is 10.4. The Bertz CT molecular complexity index is 1250. The monoisotopic (exact) mass is 475 g/mol. The topological polar surface area (TPSA) is 87.1 Å². The molecule has 0 aliphatic rings. The first-order valence-electron chi connectivity index (χ1n) is 10.0. The van der Waals surface area contributed by atoms with Crippen molar-refractivity contribution in [2.24, 2.45) is 5.10 Å². The van der Waals surface area contributed by atoms with Crippen molar-refractivity contribution >= 4 is 47.3 Å². The van der Waals surface area contributed by atoms with Crippen LogP contribution in [0, 0.1) is 12.3 Å². The SMILES string of the molecule is C#Cc1ccc(NC(=O)c2cc(Cl)cc(OC)c2N(C=O)c2ccc(C=NN(C)C)cc2)nc1. The molecule has 3 aromatic rings. The number of nitrogens with zero attached hydrogens (tertiary/aromatic N) is 4. The van der Waals surface area contributed by atoms with Crippen molar-refractivity contribution in [2.75, 3.05) is 31.4 Å². The number of aromatic nitrogens is 1. The Morgan fingerprint density at radius 2 is 1.94 bits per heavy atom. The third kappa shape index (κ3) is 5.71. The largest absolute Gasteiger partial charge is 0.494 e. The van der Waals surface area contributed by atoms with Crippen LogP contribution in [0.1, 0.15) is 21.5 Å². The molecule has 0 aliphatic carbocycles. The highest BCUT2D eigenvalue weighted by Crippen LogP contribution is 2.39. The van der Waals surface area contributed by atoms with Crippen LogP contribution in [0.15, 0.2) is 59.8 Å². The third-order valence-electron chi connectivity index (χ3n) is 4.63. The number of terminal acetylenes is 1. The maximum Gasteiger partial charge on any atom is 0.259 e. The van der Waals surface area contributed by atoms with Gasteiger partial charge in [-0.05, 0) is 35.9 Å². The van der Waals surface area contributed by atoms with Crippen molar-refractivity contribution in [3.8, 4) is 18.1 Å². The fourth-order valence-electron chi connectivity index (χ4n) is 3.03. The number of hydrogen-bond donors (Lipinski definition) is 1. The molecule has 0 radical (unpaired) electrons. The molecule has 1 aromatic heterocycles. The summed E-state index contributed by atoms with van der Waals surface area (Å²) in [4.78, 5) is 30.8. The fourth-order valence-corrected chi connectivity index (χ4v) is 3.24. The third-order valence-corrected chi connectivity index (χ3v) is 4.85. The zero-order valence-electron chi connectivity index (χ0n) is 18.8. The first kappa shape index (κ1) is 24.3. The molecule has 9 heteroatoms. The molecule has 3 rings (SSSR count). The number of anilines is 3. The van der Waals surface area contributed by atoms with E-state index in [1.807, 2.05) is 14.1 Å². The number of pyridine rings is 1. The van der Waals surface area contributed by atoms with E-state index < -0.39 is 5.91 Å². The summed E-state index contributed by atoms with van der Waals surface area (Å²) in [5.41, 5.74) is 2.29. The lowest BCUT2D eigenvalue weighted by Gasteiger charge is -2.23. The van der Waals surface area contributed by atoms with E-state index in [-0.39, 0.29) is 27.8 Å². The highest BCUT2D eigenvalue weighted by Gasteiger charge is 2.24. The van der Waals surface area contributed by atoms with E-state index in [9.17, 15) is 9.59 Å². The van der Waals surface area contributed by atoms with Crippen LogP contribution in [0.3, 0.4) is 0 Å². The quantitative estimate of drug-likeness (QED) is 0.229. The van der Waals surface area contributed by atoms with Crippen LogP contribution >= 0.6 is 11.6 Å². The van der Waals surface area contributed by atoms with Gasteiger partial charge in [-0.1, -0.05) is 29.7 Å². The number of amides is 2. The molecule has 2 amide bonds. The van der Waals surface area contributed by atoms with Crippen molar-refractivity contribution in [3.63, 3.8) is 0 Å². The van der Waals surface area contributed by atoms with Gasteiger partial charge in [-0.25, -0.2) is 4.98 Å². The summed E-state index contributed by atoms with van der Waals surface area (Å²) in [6.45, 7) is 0. The minimum atomic E-state index is -0.529. The van der Waals surface area contributed by atoms with Crippen molar-refractivity contribution in [1.82, 2.24) is 9.99 Å². The predicted octanol–water partition coefficient (Wildman–Crippen LogP) is 4.17. The molecule has 1 heterocycles. The molecule has 0 saturated heterocycles. The summed E-state index contributed by atoms with van der Waals surface area (Å²) in [6.07, 6.45) is 9.11. The predicted molar refractivity (Wildman–Crippen MR) is 134 cm³/mol. The van der Waals surface area contributed by atoms with Gasteiger partial charge in [0.1, 0.15) is 17.3 Å². The van der Waals surface area contributed by atoms with Crippen molar-refractivity contribution in [3.05, 3.63) is 76.4 Å². The Hall–Kier alpha value is -4.35. The summed E-state index contributed by atoms with van der Waals surface area (Å²) >= 11 is 6.24. The molecule has 0 atom stereocenters. The Morgan fingerprint density at radius 1 is 1.21 bits per heavy atom. The van der Waals surface area contributed by atoms with Crippen LogP contribution in [0.5, 0.6) is 5.75 Å². The molecule has 0 fully saturated rings. The van der Waals surface area contributed by atoms with E-state index in [0.717, 1.165) is 5.56 Å². The molecule has 8 nitrogen and oxygen atoms in total. The van der Waals surface area contributed by atoms with Crippen molar-refractivity contribution in [2.45, 2.75) is 0 Å². The summed E-state index contributed by atoms with van der Waals surface area (Å²) in [5, 5.41) is 8.83. The number of halogens is 1. The van der Waals surface area contributed by atoms with Crippen LogP contribution in [0.4, 0.5) is 17.2 Å². The number of rotatable bonds is 8. The maximum atomic E-state index is 13.2. The second-order valence-corrected chi connectivity index (χ2v) is 7.63. The van der Waals surface area contributed by atoms with E-state index in [2.05, 4.69) is 21.3 Å². The van der Waals surface area contributed by atoms with Crippen LogP contribution in [0.2, 0.25) is 5.02 Å². The summed E-state index contributed by atoms with van der Waals surface area (Å²) < 4.78 is 5.46. The zero-order valence-corrected chi connectivity index (χ0v) is 19.6. The highest BCUT2D eigenvalue weighted by atomic mass is 35.5. The molecule has 172 valence electrons. The molecule has 0 aliphatic heterocycles. The first-order chi connectivity index (χ1) is 16.4. The van der Waals surface area contributed by atoms with Gasteiger partial charge < -0.3 is 15.1 Å². The second-order valence-electron chi connectivity index (χ2n) is 7.19. The zero-order chi connectivity index (χ0) is 24.7. The van der Waals surface area contributed by atoms with E-state index in [1.54, 1.807) is 47.6 Å². The number of nitrogens with one attached hydrogen (secondary N) is 1. The molecule has 2 aromatic carbocycles. The fraction of sp³-hybridized carbons (Fsp3) is 0.120. The molecular formula is C25H22ClN5O3. The van der Waals surface area contributed by atoms with Gasteiger partial charge in [0.15, 0.2) is 0 Å². The minimum absolute atomic E-state index is 0.123. The van der Waals surface area contributed by atoms with E-state index in [1.165, 1.54) is 30.3 Å². The van der Waals surface area contributed by atoms with Gasteiger partial charge in [-0.2, -0.15) is 5.10 Å². The van der Waals surface area contributed by atoms with Crippen LogP contribution in [0.25, 0.3) is 0 Å². The summed E-state index contributed by atoms with van der Waals surface area (Å²) in [5.74, 6) is 2.47. The van der Waals surface area contributed by atoms with Gasteiger partial charge in [0, 0.05) is 42.6 Å². The van der Waals surface area contributed by atoms with Gasteiger partial charge in [0.05, 0.1) is 18.9 Å². The lowest BCUT2D eigenvalue weighted by atomic mass is 10.1. The lowest BCUT2D eigenvalue weighted by molar-refractivity contribution is -0.106. The van der Waals surface area contributed by atoms with Gasteiger partial charge in [-0.15, -0.1) is 6.42 Å². The van der Waals surface area contributed by atoms with E-state index >= 15 is 0 Å². The number of benzene rings is 2. The number of carbonyl (C=O) groups is 2. The van der Waals surface area contributed by atoms with Crippen LogP contribution in [-0.2, 0) is 4.79 Å². The Kier molecular flexibility index (Phi) is 7.85. The van der Waals surface area contributed by atoms with Gasteiger partial charge in [0.2, 0.25) is 6.41 Å². The first-order valence-corrected chi connectivity index (χ1v) is 10.4. The number of carbonyl (C=O) groups excluding carboxylic acids is 2. The molecular weight excluding hydrogens is 454 g/mol. The molecule has 0 saturated carbocycles. The Balaban J connectivity index is 2.02. The summed E-state index contributed by atoms with van der Waals surface area (Å²) in [6, 6.07) is 13.3. The van der Waals surface area contributed by atoms with Crippen LogP contribution in [-0.4, -0.2) is 49.7 Å². The van der Waals surface area contributed by atoms with Crippen LogP contribution < -0.4 is 15.0 Å². The summed E-state index contributed by atoms with van der Waals surface area (Å²) in [7, 11) is 5.06. The van der Waals surface area contributed by atoms with Gasteiger partial charge in [-0.3, -0.25) is 14.5 Å². The van der Waals surface area contributed by atoms with Crippen molar-refractivity contribution in [1.29, 1.82) is 0 Å². The number of hydrazone groups is 1. The van der Waals surface area contributed by atoms with Crippen molar-refractivity contribution < 1.29 is 14.3 Å². The highest BCUT2D eigenvalue weighted by molar-refractivity contribution is 6.31. The smallest absolute Gasteiger partial charge is 0.259 e. The maximum absolute atomic E-state index is 13.2.